The minimum atomic E-state index is -1.63. The van der Waals surface area contributed by atoms with Gasteiger partial charge in [-0.25, -0.2) is 0 Å². The normalized spacial score (nSPS) is 31.0. The Morgan fingerprint density at radius 3 is 2.25 bits per heavy atom. The zero-order valence-corrected chi connectivity index (χ0v) is 13.3. The Morgan fingerprint density at radius 1 is 1.12 bits per heavy atom. The second-order valence-electron chi connectivity index (χ2n) is 5.39. The quantitative estimate of drug-likeness (QED) is 0.251. The van der Waals surface area contributed by atoms with Gasteiger partial charge in [0.05, 0.1) is 13.0 Å². The van der Waals surface area contributed by atoms with Crippen LogP contribution >= 0.6 is 0 Å². The molecule has 7 N–H and O–H groups in total. The first kappa shape index (κ1) is 20.3. The molecule has 6 atom stereocenters. The number of aliphatic hydroxyl groups excluding tert-OH is 4. The van der Waals surface area contributed by atoms with Crippen molar-refractivity contribution in [2.45, 2.75) is 50.0 Å². The lowest BCUT2D eigenvalue weighted by molar-refractivity contribution is -0.236. The van der Waals surface area contributed by atoms with Crippen LogP contribution in [0.3, 0.4) is 0 Å². The van der Waals surface area contributed by atoms with Crippen molar-refractivity contribution >= 4 is 17.7 Å². The number of carbonyl (C=O) groups is 3. The highest BCUT2D eigenvalue weighted by Crippen LogP contribution is 2.19. The van der Waals surface area contributed by atoms with E-state index in [0.717, 1.165) is 0 Å². The Labute approximate surface area is 138 Å². The van der Waals surface area contributed by atoms with Gasteiger partial charge in [-0.05, 0) is 0 Å². The zero-order chi connectivity index (χ0) is 18.4. The van der Waals surface area contributed by atoms with Crippen LogP contribution in [-0.2, 0) is 19.1 Å². The summed E-state index contributed by atoms with van der Waals surface area (Å²) in [5.74, 6) is -1.85. The van der Waals surface area contributed by atoms with Crippen molar-refractivity contribution in [3.8, 4) is 0 Å². The lowest BCUT2D eigenvalue weighted by atomic mass is 9.98. The minimum absolute atomic E-state index is 0.436. The molecular weight excluding hydrogens is 326 g/mol. The van der Waals surface area contributed by atoms with E-state index in [-0.39, 0.29) is 0 Å². The number of rotatable bonds is 6. The molecule has 138 valence electrons. The molecule has 0 unspecified atom stereocenters. The van der Waals surface area contributed by atoms with E-state index in [1.165, 1.54) is 14.0 Å². The molecule has 3 amide bonds. The summed E-state index contributed by atoms with van der Waals surface area (Å²) in [6, 6.07) is -1.13. The molecule has 1 rings (SSSR count). The molecule has 24 heavy (non-hydrogen) atoms. The third-order valence-corrected chi connectivity index (χ3v) is 3.53. The lowest BCUT2D eigenvalue weighted by Crippen LogP contribution is -2.63. The Balaban J connectivity index is 2.70. The second kappa shape index (κ2) is 8.89. The highest BCUT2D eigenvalue weighted by atomic mass is 16.6. The standard InChI is InChI=1S/C13H23N3O8/c1-5(18)15-6(12(23)14-2)3-8(19)16-13-11(22)10(21)9(20)7(4-17)24-13/h6-7,9-11,13,17,20-22H,3-4H2,1-2H3,(H,14,23)(H,15,18)(H,16,19)/t6-,7+,9-,10-,11+,13-/m0/s1. The fourth-order valence-corrected chi connectivity index (χ4v) is 2.25. The van der Waals surface area contributed by atoms with Crippen molar-refractivity contribution in [1.82, 2.24) is 16.0 Å². The van der Waals surface area contributed by atoms with Crippen LogP contribution in [0.4, 0.5) is 0 Å². The van der Waals surface area contributed by atoms with Gasteiger partial charge in [0, 0.05) is 14.0 Å². The summed E-state index contributed by atoms with van der Waals surface area (Å²) in [6.45, 7) is 0.551. The fraction of sp³-hybridized carbons (Fsp3) is 0.769. The van der Waals surface area contributed by atoms with Gasteiger partial charge in [-0.3, -0.25) is 14.4 Å². The Morgan fingerprint density at radius 2 is 1.75 bits per heavy atom. The molecule has 0 aromatic rings. The number of hydrogen-bond acceptors (Lipinski definition) is 8. The largest absolute Gasteiger partial charge is 0.394 e. The van der Waals surface area contributed by atoms with Gasteiger partial charge in [-0.1, -0.05) is 0 Å². The molecular formula is C13H23N3O8. The maximum Gasteiger partial charge on any atom is 0.242 e. The smallest absolute Gasteiger partial charge is 0.242 e. The molecule has 0 aromatic carbocycles. The molecule has 0 radical (unpaired) electrons. The van der Waals surface area contributed by atoms with Crippen molar-refractivity contribution < 1.29 is 39.5 Å². The number of nitrogens with one attached hydrogen (secondary N) is 3. The van der Waals surface area contributed by atoms with Gasteiger partial charge in [-0.15, -0.1) is 0 Å². The Bertz CT molecular complexity index is 472. The SMILES string of the molecule is CNC(=O)[C@H](CC(=O)N[C@H]1O[C@H](CO)[C@H](O)[C@H](O)[C@H]1O)NC(C)=O. The first-order valence-corrected chi connectivity index (χ1v) is 7.29. The van der Waals surface area contributed by atoms with Crippen LogP contribution in [0.5, 0.6) is 0 Å². The lowest BCUT2D eigenvalue weighted by Gasteiger charge is -2.40. The number of carbonyl (C=O) groups excluding carboxylic acids is 3. The monoisotopic (exact) mass is 349 g/mol. The third kappa shape index (κ3) is 5.11. The molecule has 1 heterocycles. The van der Waals surface area contributed by atoms with Crippen LogP contribution in [0.25, 0.3) is 0 Å². The van der Waals surface area contributed by atoms with E-state index in [9.17, 15) is 29.7 Å². The average Bonchev–Trinajstić information content (AvgIpc) is 2.53. The van der Waals surface area contributed by atoms with Crippen molar-refractivity contribution in [2.24, 2.45) is 0 Å². The van der Waals surface area contributed by atoms with Gasteiger partial charge >= 0.3 is 0 Å². The van der Waals surface area contributed by atoms with E-state index in [1.54, 1.807) is 0 Å². The van der Waals surface area contributed by atoms with Crippen molar-refractivity contribution in [3.63, 3.8) is 0 Å². The van der Waals surface area contributed by atoms with Crippen molar-refractivity contribution in [2.75, 3.05) is 13.7 Å². The number of ether oxygens (including phenoxy) is 1. The maximum absolute atomic E-state index is 12.0. The molecule has 1 saturated heterocycles. The van der Waals surface area contributed by atoms with E-state index in [1.807, 2.05) is 0 Å². The average molecular weight is 349 g/mol. The number of aliphatic hydroxyl groups is 4. The molecule has 11 heteroatoms. The Hall–Kier alpha value is -1.79. The molecule has 1 fully saturated rings. The van der Waals surface area contributed by atoms with Gasteiger partial charge in [0.15, 0.2) is 6.23 Å². The van der Waals surface area contributed by atoms with Crippen LogP contribution in [0.1, 0.15) is 13.3 Å². The summed E-state index contributed by atoms with van der Waals surface area (Å²) < 4.78 is 5.12. The predicted molar refractivity (Wildman–Crippen MR) is 78.2 cm³/mol. The summed E-state index contributed by atoms with van der Waals surface area (Å²) >= 11 is 0. The third-order valence-electron chi connectivity index (χ3n) is 3.53. The van der Waals surface area contributed by atoms with E-state index >= 15 is 0 Å². The number of hydrogen-bond donors (Lipinski definition) is 7. The van der Waals surface area contributed by atoms with Gasteiger partial charge in [0.1, 0.15) is 30.5 Å². The van der Waals surface area contributed by atoms with Crippen LogP contribution in [0.15, 0.2) is 0 Å². The van der Waals surface area contributed by atoms with E-state index < -0.39 is 67.4 Å². The van der Waals surface area contributed by atoms with Gasteiger partial charge < -0.3 is 41.1 Å². The molecule has 1 aliphatic heterocycles. The summed E-state index contributed by atoms with van der Waals surface area (Å²) in [4.78, 5) is 34.7. The summed E-state index contributed by atoms with van der Waals surface area (Å²) in [5.41, 5.74) is 0. The highest BCUT2D eigenvalue weighted by molar-refractivity contribution is 5.91. The van der Waals surface area contributed by atoms with Crippen LogP contribution in [0.2, 0.25) is 0 Å². The predicted octanol–water partition coefficient (Wildman–Crippen LogP) is -4.46. The zero-order valence-electron chi connectivity index (χ0n) is 13.3. The van der Waals surface area contributed by atoms with Crippen molar-refractivity contribution in [3.05, 3.63) is 0 Å². The number of amides is 3. The summed E-state index contributed by atoms with van der Waals surface area (Å²) in [7, 11) is 1.34. The molecule has 0 aliphatic carbocycles. The summed E-state index contributed by atoms with van der Waals surface area (Å²) in [5, 5.41) is 45.0. The minimum Gasteiger partial charge on any atom is -0.394 e. The molecule has 0 saturated carbocycles. The van der Waals surface area contributed by atoms with Crippen LogP contribution in [0, 0.1) is 0 Å². The molecule has 11 nitrogen and oxygen atoms in total. The molecule has 0 aromatic heterocycles. The van der Waals surface area contributed by atoms with Gasteiger partial charge in [0.2, 0.25) is 17.7 Å². The maximum atomic E-state index is 12.0. The van der Waals surface area contributed by atoms with Gasteiger partial charge in [0.25, 0.3) is 0 Å². The first-order chi connectivity index (χ1) is 11.2. The van der Waals surface area contributed by atoms with Crippen LogP contribution in [-0.4, -0.2) is 88.5 Å². The summed E-state index contributed by atoms with van der Waals surface area (Å²) in [6.07, 6.45) is -7.81. The topological polar surface area (TPSA) is 177 Å². The first-order valence-electron chi connectivity index (χ1n) is 7.29. The van der Waals surface area contributed by atoms with Gasteiger partial charge in [-0.2, -0.15) is 0 Å². The van der Waals surface area contributed by atoms with Crippen LogP contribution < -0.4 is 16.0 Å². The fourth-order valence-electron chi connectivity index (χ4n) is 2.25. The van der Waals surface area contributed by atoms with E-state index in [2.05, 4.69) is 16.0 Å². The molecule has 1 aliphatic rings. The Kier molecular flexibility index (Phi) is 7.51. The molecule has 0 spiro atoms. The van der Waals surface area contributed by atoms with E-state index in [4.69, 9.17) is 9.84 Å². The van der Waals surface area contributed by atoms with E-state index in [0.29, 0.717) is 0 Å². The van der Waals surface area contributed by atoms with Crippen molar-refractivity contribution in [1.29, 1.82) is 0 Å². The highest BCUT2D eigenvalue weighted by Gasteiger charge is 2.44. The number of likely N-dealkylation sites (N-methyl/N-ethyl adjacent to an activating group) is 1. The second-order valence-corrected chi connectivity index (χ2v) is 5.39. The molecule has 0 bridgehead atoms.